The van der Waals surface area contributed by atoms with Gasteiger partial charge in [0, 0.05) is 17.1 Å². The maximum Gasteiger partial charge on any atom is 0.149 e. The summed E-state index contributed by atoms with van der Waals surface area (Å²) in [6, 6.07) is 12.2. The van der Waals surface area contributed by atoms with Crippen LogP contribution in [-0.4, -0.2) is 17.1 Å². The van der Waals surface area contributed by atoms with Crippen molar-refractivity contribution in [1.29, 1.82) is 0 Å². The van der Waals surface area contributed by atoms with E-state index in [4.69, 9.17) is 4.74 Å². The Kier molecular flexibility index (Phi) is 3.16. The van der Waals surface area contributed by atoms with Crippen LogP contribution in [0.2, 0.25) is 0 Å². The SMILES string of the molecule is COc1cccc(Nc2ncnc3c(F)cccc23)c1. The molecule has 0 spiro atoms. The van der Waals surface area contributed by atoms with E-state index in [1.165, 1.54) is 12.4 Å². The Labute approximate surface area is 115 Å². The van der Waals surface area contributed by atoms with Gasteiger partial charge in [0.15, 0.2) is 0 Å². The van der Waals surface area contributed by atoms with E-state index in [2.05, 4.69) is 15.3 Å². The maximum atomic E-state index is 13.7. The smallest absolute Gasteiger partial charge is 0.149 e. The average molecular weight is 269 g/mol. The van der Waals surface area contributed by atoms with Gasteiger partial charge in [0.25, 0.3) is 0 Å². The van der Waals surface area contributed by atoms with Crippen LogP contribution in [0, 0.1) is 5.82 Å². The number of ether oxygens (including phenoxy) is 1. The number of aromatic nitrogens is 2. The number of benzene rings is 2. The van der Waals surface area contributed by atoms with Crippen LogP contribution in [-0.2, 0) is 0 Å². The Bertz CT molecular complexity index is 761. The van der Waals surface area contributed by atoms with Crippen LogP contribution in [0.25, 0.3) is 10.9 Å². The van der Waals surface area contributed by atoms with Gasteiger partial charge in [0.2, 0.25) is 0 Å². The van der Waals surface area contributed by atoms with Crippen molar-refractivity contribution in [3.05, 3.63) is 54.6 Å². The van der Waals surface area contributed by atoms with E-state index in [0.717, 1.165) is 11.4 Å². The first kappa shape index (κ1) is 12.3. The summed E-state index contributed by atoms with van der Waals surface area (Å²) in [5, 5.41) is 3.79. The largest absolute Gasteiger partial charge is 0.497 e. The minimum absolute atomic E-state index is 0.299. The highest BCUT2D eigenvalue weighted by atomic mass is 19.1. The molecular weight excluding hydrogens is 257 g/mol. The van der Waals surface area contributed by atoms with E-state index >= 15 is 0 Å². The molecule has 3 aromatic rings. The number of nitrogens with zero attached hydrogens (tertiary/aromatic N) is 2. The monoisotopic (exact) mass is 269 g/mol. The summed E-state index contributed by atoms with van der Waals surface area (Å²) in [6.07, 6.45) is 1.34. The third-order valence-corrected chi connectivity index (χ3v) is 2.95. The Morgan fingerprint density at radius 3 is 2.80 bits per heavy atom. The van der Waals surface area contributed by atoms with E-state index in [9.17, 15) is 4.39 Å². The molecule has 1 aromatic heterocycles. The first-order valence-electron chi connectivity index (χ1n) is 6.08. The lowest BCUT2D eigenvalue weighted by atomic mass is 10.2. The molecule has 20 heavy (non-hydrogen) atoms. The van der Waals surface area contributed by atoms with E-state index in [-0.39, 0.29) is 5.82 Å². The second-order valence-corrected chi connectivity index (χ2v) is 4.22. The van der Waals surface area contributed by atoms with Gasteiger partial charge >= 0.3 is 0 Å². The van der Waals surface area contributed by atoms with Crippen molar-refractivity contribution in [2.75, 3.05) is 12.4 Å². The van der Waals surface area contributed by atoms with Crippen molar-refractivity contribution in [2.45, 2.75) is 0 Å². The Morgan fingerprint density at radius 2 is 1.95 bits per heavy atom. The molecule has 4 nitrogen and oxygen atoms in total. The number of hydrogen-bond acceptors (Lipinski definition) is 4. The molecule has 1 N–H and O–H groups in total. The fourth-order valence-corrected chi connectivity index (χ4v) is 1.99. The zero-order valence-corrected chi connectivity index (χ0v) is 10.8. The molecular formula is C15H12FN3O. The Balaban J connectivity index is 2.04. The molecule has 0 aliphatic rings. The van der Waals surface area contributed by atoms with Crippen molar-refractivity contribution in [2.24, 2.45) is 0 Å². The highest BCUT2D eigenvalue weighted by molar-refractivity contribution is 5.90. The van der Waals surface area contributed by atoms with E-state index in [1.807, 2.05) is 24.3 Å². The van der Waals surface area contributed by atoms with Crippen molar-refractivity contribution in [1.82, 2.24) is 9.97 Å². The molecule has 3 rings (SSSR count). The zero-order chi connectivity index (χ0) is 13.9. The lowest BCUT2D eigenvalue weighted by Gasteiger charge is -2.09. The molecule has 0 aliphatic heterocycles. The van der Waals surface area contributed by atoms with Gasteiger partial charge in [-0.25, -0.2) is 14.4 Å². The minimum Gasteiger partial charge on any atom is -0.497 e. The normalized spacial score (nSPS) is 10.5. The molecule has 0 saturated carbocycles. The number of methoxy groups -OCH3 is 1. The summed E-state index contributed by atoms with van der Waals surface area (Å²) < 4.78 is 18.9. The van der Waals surface area contributed by atoms with E-state index < -0.39 is 0 Å². The van der Waals surface area contributed by atoms with Gasteiger partial charge in [0.05, 0.1) is 7.11 Å². The maximum absolute atomic E-state index is 13.7. The molecule has 0 saturated heterocycles. The Morgan fingerprint density at radius 1 is 1.10 bits per heavy atom. The van der Waals surface area contributed by atoms with Crippen molar-refractivity contribution >= 4 is 22.4 Å². The summed E-state index contributed by atoms with van der Waals surface area (Å²) in [6.45, 7) is 0. The van der Waals surface area contributed by atoms with Gasteiger partial charge in [-0.1, -0.05) is 12.1 Å². The van der Waals surface area contributed by atoms with Gasteiger partial charge in [-0.3, -0.25) is 0 Å². The fraction of sp³-hybridized carbons (Fsp3) is 0.0667. The Hall–Kier alpha value is -2.69. The standard InChI is InChI=1S/C15H12FN3O/c1-20-11-5-2-4-10(8-11)19-15-12-6-3-7-13(16)14(12)17-9-18-15/h2-9H,1H3,(H,17,18,19). The first-order valence-corrected chi connectivity index (χ1v) is 6.08. The molecule has 0 unspecified atom stereocenters. The molecule has 0 aliphatic carbocycles. The quantitative estimate of drug-likeness (QED) is 0.790. The molecule has 100 valence electrons. The van der Waals surface area contributed by atoms with Gasteiger partial charge in [-0.15, -0.1) is 0 Å². The highest BCUT2D eigenvalue weighted by Crippen LogP contribution is 2.25. The van der Waals surface area contributed by atoms with Crippen LogP contribution in [0.3, 0.4) is 0 Å². The second-order valence-electron chi connectivity index (χ2n) is 4.22. The number of halogens is 1. The van der Waals surface area contributed by atoms with E-state index in [0.29, 0.717) is 16.7 Å². The number of hydrogen-bond donors (Lipinski definition) is 1. The third-order valence-electron chi connectivity index (χ3n) is 2.95. The number of nitrogens with one attached hydrogen (secondary N) is 1. The average Bonchev–Trinajstić information content (AvgIpc) is 2.49. The van der Waals surface area contributed by atoms with E-state index in [1.54, 1.807) is 19.2 Å². The van der Waals surface area contributed by atoms with Gasteiger partial charge in [-0.05, 0) is 24.3 Å². The molecule has 0 atom stereocenters. The highest BCUT2D eigenvalue weighted by Gasteiger charge is 2.07. The molecule has 5 heteroatoms. The molecule has 0 fully saturated rings. The fourth-order valence-electron chi connectivity index (χ4n) is 1.99. The molecule has 1 heterocycles. The summed E-state index contributed by atoms with van der Waals surface area (Å²) in [5.74, 6) is 0.931. The predicted octanol–water partition coefficient (Wildman–Crippen LogP) is 3.52. The first-order chi connectivity index (χ1) is 9.78. The minimum atomic E-state index is -0.362. The van der Waals surface area contributed by atoms with Crippen LogP contribution in [0.5, 0.6) is 5.75 Å². The van der Waals surface area contributed by atoms with Crippen LogP contribution >= 0.6 is 0 Å². The molecule has 2 aromatic carbocycles. The van der Waals surface area contributed by atoms with Crippen LogP contribution in [0.15, 0.2) is 48.8 Å². The van der Waals surface area contributed by atoms with Crippen molar-refractivity contribution in [3.8, 4) is 5.75 Å². The zero-order valence-electron chi connectivity index (χ0n) is 10.8. The summed E-state index contributed by atoms with van der Waals surface area (Å²) >= 11 is 0. The topological polar surface area (TPSA) is 47.0 Å². The van der Waals surface area contributed by atoms with Crippen LogP contribution in [0.4, 0.5) is 15.9 Å². The number of fused-ring (bicyclic) bond motifs is 1. The molecule has 0 amide bonds. The van der Waals surface area contributed by atoms with Crippen LogP contribution in [0.1, 0.15) is 0 Å². The summed E-state index contributed by atoms with van der Waals surface area (Å²) in [4.78, 5) is 8.14. The summed E-state index contributed by atoms with van der Waals surface area (Å²) in [7, 11) is 1.61. The molecule has 0 bridgehead atoms. The lowest BCUT2D eigenvalue weighted by molar-refractivity contribution is 0.415. The van der Waals surface area contributed by atoms with Crippen molar-refractivity contribution < 1.29 is 9.13 Å². The predicted molar refractivity (Wildman–Crippen MR) is 75.8 cm³/mol. The van der Waals surface area contributed by atoms with Gasteiger partial charge in [-0.2, -0.15) is 0 Å². The third kappa shape index (κ3) is 2.25. The van der Waals surface area contributed by atoms with Crippen molar-refractivity contribution in [3.63, 3.8) is 0 Å². The van der Waals surface area contributed by atoms with Gasteiger partial charge < -0.3 is 10.1 Å². The number of anilines is 2. The molecule has 0 radical (unpaired) electrons. The summed E-state index contributed by atoms with van der Waals surface area (Å²) in [5.41, 5.74) is 1.11. The second kappa shape index (κ2) is 5.13. The number of para-hydroxylation sites is 1. The van der Waals surface area contributed by atoms with Gasteiger partial charge in [0.1, 0.15) is 29.2 Å². The lowest BCUT2D eigenvalue weighted by Crippen LogP contribution is -1.97. The van der Waals surface area contributed by atoms with Crippen LogP contribution < -0.4 is 10.1 Å². The number of rotatable bonds is 3.